The van der Waals surface area contributed by atoms with Crippen LogP contribution >= 0.6 is 0 Å². The van der Waals surface area contributed by atoms with Crippen molar-refractivity contribution in [3.05, 3.63) is 246 Å². The molecule has 12 rings (SSSR count). The molecule has 0 amide bonds. The van der Waals surface area contributed by atoms with Crippen LogP contribution in [0.15, 0.2) is 219 Å². The zero-order valence-electron chi connectivity index (χ0n) is 52.2. The predicted octanol–water partition coefficient (Wildman–Crippen LogP) is 22.4. The molecule has 0 bridgehead atoms. The van der Waals surface area contributed by atoms with E-state index < -0.39 is 0 Å². The number of nitrogens with zero attached hydrogens (tertiary/aromatic N) is 3. The maximum atomic E-state index is 6.82. The van der Waals surface area contributed by atoms with E-state index in [0.29, 0.717) is 6.67 Å². The molecule has 5 nitrogen and oxygen atoms in total. The van der Waals surface area contributed by atoms with Gasteiger partial charge in [0.2, 0.25) is 0 Å². The Bertz CT molecular complexity index is 4060. The molecule has 2 aliphatic rings. The van der Waals surface area contributed by atoms with Crippen LogP contribution in [-0.2, 0) is 27.1 Å². The summed E-state index contributed by atoms with van der Waals surface area (Å²) in [6.07, 6.45) is 4.45. The van der Waals surface area contributed by atoms with E-state index in [1.54, 1.807) is 0 Å². The van der Waals surface area contributed by atoms with Crippen LogP contribution in [-0.4, -0.2) is 11.7 Å². The van der Waals surface area contributed by atoms with Crippen molar-refractivity contribution in [1.29, 1.82) is 0 Å². The van der Waals surface area contributed by atoms with Gasteiger partial charge in [-0.3, -0.25) is 0 Å². The third-order valence-corrected chi connectivity index (χ3v) is 17.9. The summed E-state index contributed by atoms with van der Waals surface area (Å²) < 4.78 is 6.82. The molecule has 1 aliphatic heterocycles. The number of hydrogen-bond donors (Lipinski definition) is 1. The lowest BCUT2D eigenvalue weighted by atomic mass is 9.63. The first-order chi connectivity index (χ1) is 40.5. The minimum absolute atomic E-state index is 0.0307. The van der Waals surface area contributed by atoms with Gasteiger partial charge in [-0.1, -0.05) is 248 Å². The van der Waals surface area contributed by atoms with Gasteiger partial charge in [0.1, 0.15) is 24.0 Å². The lowest BCUT2D eigenvalue weighted by Crippen LogP contribution is -2.33. The highest BCUT2D eigenvalue weighted by Gasteiger charge is 2.38. The van der Waals surface area contributed by atoms with Crippen molar-refractivity contribution in [2.45, 2.75) is 130 Å². The summed E-state index contributed by atoms with van der Waals surface area (Å²) in [7, 11) is 0. The average molecular weight is 1120 g/mol. The van der Waals surface area contributed by atoms with Gasteiger partial charge in [-0.05, 0) is 150 Å². The van der Waals surface area contributed by atoms with Gasteiger partial charge in [-0.25, -0.2) is 4.98 Å². The van der Waals surface area contributed by atoms with Crippen molar-refractivity contribution in [3.63, 3.8) is 0 Å². The Kier molecular flexibility index (Phi) is 14.5. The molecular formula is C80H82N4O. The summed E-state index contributed by atoms with van der Waals surface area (Å²) in [5.41, 5.74) is 24.1. The molecule has 0 spiro atoms. The largest absolute Gasteiger partial charge is 0.457 e. The fourth-order valence-corrected chi connectivity index (χ4v) is 12.8. The van der Waals surface area contributed by atoms with Gasteiger partial charge in [-0.2, -0.15) is 0 Å². The summed E-state index contributed by atoms with van der Waals surface area (Å²) in [5, 5.41) is 3.84. The van der Waals surface area contributed by atoms with Crippen molar-refractivity contribution in [1.82, 2.24) is 4.98 Å². The van der Waals surface area contributed by atoms with Crippen LogP contribution < -0.4 is 19.9 Å². The van der Waals surface area contributed by atoms with Gasteiger partial charge in [-0.15, -0.1) is 0 Å². The number of fused-ring (bicyclic) bond motifs is 2. The molecule has 1 aliphatic carbocycles. The summed E-state index contributed by atoms with van der Waals surface area (Å²) in [5.74, 6) is 2.33. The van der Waals surface area contributed by atoms with Crippen molar-refractivity contribution >= 4 is 34.3 Å². The molecule has 0 saturated heterocycles. The lowest BCUT2D eigenvalue weighted by Gasteiger charge is -2.42. The molecular weight excluding hydrogens is 1030 g/mol. The van der Waals surface area contributed by atoms with Crippen LogP contribution in [0, 0.1) is 0 Å². The van der Waals surface area contributed by atoms with E-state index in [2.05, 4.69) is 324 Å². The smallest absolute Gasteiger partial charge is 0.130 e. The number of aromatic nitrogens is 1. The van der Waals surface area contributed by atoms with Crippen LogP contribution in [0.25, 0.3) is 55.6 Å². The fourth-order valence-electron chi connectivity index (χ4n) is 12.8. The van der Waals surface area contributed by atoms with E-state index in [0.717, 1.165) is 62.3 Å². The molecule has 1 N–H and O–H groups in total. The average Bonchev–Trinajstić information content (AvgIpc) is 4.09. The molecule has 85 heavy (non-hydrogen) atoms. The lowest BCUT2D eigenvalue weighted by molar-refractivity contribution is 0.332. The summed E-state index contributed by atoms with van der Waals surface area (Å²) in [6.45, 7) is 31.0. The first kappa shape index (κ1) is 56.8. The number of pyridine rings is 1. The van der Waals surface area contributed by atoms with Gasteiger partial charge >= 0.3 is 0 Å². The Morgan fingerprint density at radius 1 is 0.424 bits per heavy atom. The number of ether oxygens (including phenoxy) is 1. The van der Waals surface area contributed by atoms with E-state index in [9.17, 15) is 0 Å². The molecule has 9 aromatic carbocycles. The van der Waals surface area contributed by atoms with Gasteiger partial charge in [0.05, 0.1) is 17.1 Å². The second-order valence-electron chi connectivity index (χ2n) is 28.1. The highest BCUT2D eigenvalue weighted by atomic mass is 16.5. The number of rotatable bonds is 11. The minimum atomic E-state index is -0.141. The molecule has 2 heterocycles. The van der Waals surface area contributed by atoms with Crippen LogP contribution in [0.4, 0.5) is 34.3 Å². The zero-order chi connectivity index (χ0) is 59.6. The van der Waals surface area contributed by atoms with E-state index in [-0.39, 0.29) is 27.1 Å². The number of hydrogen-bond acceptors (Lipinski definition) is 5. The first-order valence-electron chi connectivity index (χ1n) is 30.5. The normalized spacial score (nSPS) is 14.6. The Labute approximate surface area is 506 Å². The van der Waals surface area contributed by atoms with Gasteiger partial charge < -0.3 is 19.9 Å². The quantitative estimate of drug-likeness (QED) is 0.140. The molecule has 0 fully saturated rings. The van der Waals surface area contributed by atoms with Gasteiger partial charge in [0, 0.05) is 45.9 Å². The minimum Gasteiger partial charge on any atom is -0.457 e. The van der Waals surface area contributed by atoms with E-state index >= 15 is 0 Å². The van der Waals surface area contributed by atoms with E-state index in [1.807, 2.05) is 0 Å². The maximum absolute atomic E-state index is 6.82. The van der Waals surface area contributed by atoms with E-state index in [4.69, 9.17) is 9.72 Å². The van der Waals surface area contributed by atoms with Crippen molar-refractivity contribution in [2.75, 3.05) is 21.8 Å². The molecule has 10 aromatic rings. The Morgan fingerprint density at radius 2 is 0.976 bits per heavy atom. The highest BCUT2D eigenvalue weighted by Crippen LogP contribution is 2.52. The van der Waals surface area contributed by atoms with E-state index in [1.165, 1.54) is 79.7 Å². The van der Waals surface area contributed by atoms with Crippen LogP contribution in [0.1, 0.15) is 131 Å². The molecule has 1 aromatic heterocycles. The number of para-hydroxylation sites is 3. The molecule has 428 valence electrons. The van der Waals surface area contributed by atoms with Crippen molar-refractivity contribution < 1.29 is 4.74 Å². The van der Waals surface area contributed by atoms with Crippen LogP contribution in [0.3, 0.4) is 0 Å². The molecule has 0 radical (unpaired) electrons. The third-order valence-electron chi connectivity index (χ3n) is 17.9. The topological polar surface area (TPSA) is 40.6 Å². The monoisotopic (exact) mass is 1110 g/mol. The number of nitrogens with one attached hydrogen (secondary N) is 1. The highest BCUT2D eigenvalue weighted by molar-refractivity contribution is 5.99. The standard InChI is InChI=1S/C80H82N4O/c1-76(2,3)58-45-57(46-59(48-58)77(4,5)6)65-33-23-32-64(54-27-18-15-19-28-54)75(65)84-52-83(71-35-20-21-36-72(71)84)60-29-22-30-62(49-60)85-61-40-37-55(38-41-61)74-63(53-25-16-14-17-26-53)31-24-34-70(74)82-73-50-68(78(7,8)9)66(51-81-73)56-39-42-67-69(47-56)80(12,13)44-43-79(67,10)11/h14-42,45-51H,43-44,52H2,1-13H3,(H,81,82). The van der Waals surface area contributed by atoms with Gasteiger partial charge in [0.15, 0.2) is 0 Å². The molecule has 5 heteroatoms. The Hall–Kier alpha value is -8.67. The summed E-state index contributed by atoms with van der Waals surface area (Å²) in [6, 6.07) is 77.4. The summed E-state index contributed by atoms with van der Waals surface area (Å²) >= 11 is 0. The second kappa shape index (κ2) is 21.8. The summed E-state index contributed by atoms with van der Waals surface area (Å²) in [4.78, 5) is 10.1. The van der Waals surface area contributed by atoms with Crippen LogP contribution in [0.5, 0.6) is 11.5 Å². The Balaban J connectivity index is 0.864. The number of anilines is 6. The zero-order valence-corrected chi connectivity index (χ0v) is 52.2. The third kappa shape index (κ3) is 11.3. The maximum Gasteiger partial charge on any atom is 0.130 e. The van der Waals surface area contributed by atoms with Gasteiger partial charge in [0.25, 0.3) is 0 Å². The fraction of sp³-hybridized carbons (Fsp3) is 0.263. The van der Waals surface area contributed by atoms with Crippen molar-refractivity contribution in [3.8, 4) is 67.1 Å². The SMILES string of the molecule is CC(C)(C)c1cc(-c2cccc(-c3ccccc3)c2N2CN(c3cccc(Oc4ccc(-c5c(Nc6cc(C(C)(C)C)c(-c7ccc8c(c7)C(C)(C)CCC8(C)C)cn6)cccc5-c5ccccc5)cc4)c3)c3ccccc32)cc(C(C)(C)C)c1. The van der Waals surface area contributed by atoms with Crippen molar-refractivity contribution in [2.24, 2.45) is 0 Å². The second-order valence-corrected chi connectivity index (χ2v) is 28.1. The molecule has 0 saturated carbocycles. The molecule has 0 atom stereocenters. The predicted molar refractivity (Wildman–Crippen MR) is 361 cm³/mol. The Morgan fingerprint density at radius 3 is 1.61 bits per heavy atom. The van der Waals surface area contributed by atoms with Crippen LogP contribution in [0.2, 0.25) is 0 Å². The number of benzene rings is 9. The first-order valence-corrected chi connectivity index (χ1v) is 30.5. The molecule has 0 unspecified atom stereocenters.